The molecule has 1 fully saturated rings. The van der Waals surface area contributed by atoms with Crippen molar-refractivity contribution in [3.8, 4) is 0 Å². The predicted molar refractivity (Wildman–Crippen MR) is 92.0 cm³/mol. The van der Waals surface area contributed by atoms with Gasteiger partial charge in [-0.2, -0.15) is 0 Å². The van der Waals surface area contributed by atoms with Gasteiger partial charge >= 0.3 is 6.09 Å². The van der Waals surface area contributed by atoms with Crippen LogP contribution in [0.15, 0.2) is 23.0 Å². The van der Waals surface area contributed by atoms with Gasteiger partial charge in [-0.15, -0.1) is 0 Å². The maximum atomic E-state index is 12.3. The normalized spacial score (nSPS) is 14.2. The molecule has 2 amide bonds. The van der Waals surface area contributed by atoms with Crippen molar-refractivity contribution in [2.24, 2.45) is 0 Å². The molecular formula is C16H20N6O4. The quantitative estimate of drug-likeness (QED) is 0.868. The first-order valence-electron chi connectivity index (χ1n) is 8.30. The van der Waals surface area contributed by atoms with Gasteiger partial charge in [0.1, 0.15) is 23.6 Å². The number of rotatable bonds is 4. The summed E-state index contributed by atoms with van der Waals surface area (Å²) in [5.41, 5.74) is 0.225. The Morgan fingerprint density at radius 1 is 1.23 bits per heavy atom. The minimum atomic E-state index is -0.396. The van der Waals surface area contributed by atoms with Gasteiger partial charge in [0.2, 0.25) is 0 Å². The van der Waals surface area contributed by atoms with Gasteiger partial charge in [0.25, 0.3) is 5.91 Å². The lowest BCUT2D eigenvalue weighted by Crippen LogP contribution is -2.49. The molecule has 2 aromatic heterocycles. The first kappa shape index (κ1) is 17.6. The van der Waals surface area contributed by atoms with E-state index in [1.807, 2.05) is 4.90 Å². The predicted octanol–water partition coefficient (Wildman–Crippen LogP) is 1.30. The SMILES string of the molecule is CCOC(=O)N1CCN(c2cc(C(=O)Nc3cc(C)on3)ncn2)CC1. The first-order chi connectivity index (χ1) is 12.6. The average Bonchev–Trinajstić information content (AvgIpc) is 3.07. The molecule has 3 rings (SSSR count). The van der Waals surface area contributed by atoms with Gasteiger partial charge in [0.05, 0.1) is 6.61 Å². The summed E-state index contributed by atoms with van der Waals surface area (Å²) in [6.07, 6.45) is 1.04. The monoisotopic (exact) mass is 360 g/mol. The summed E-state index contributed by atoms with van der Waals surface area (Å²) in [6, 6.07) is 3.23. The number of anilines is 2. The number of ether oxygens (including phenoxy) is 1. The van der Waals surface area contributed by atoms with Crippen LogP contribution in [0.1, 0.15) is 23.2 Å². The lowest BCUT2D eigenvalue weighted by atomic mass is 10.3. The highest BCUT2D eigenvalue weighted by Gasteiger charge is 2.23. The van der Waals surface area contributed by atoms with Gasteiger partial charge < -0.3 is 24.4 Å². The fourth-order valence-electron chi connectivity index (χ4n) is 2.58. The molecule has 26 heavy (non-hydrogen) atoms. The van der Waals surface area contributed by atoms with E-state index in [0.717, 1.165) is 0 Å². The van der Waals surface area contributed by atoms with Gasteiger partial charge in [0.15, 0.2) is 5.82 Å². The Morgan fingerprint density at radius 3 is 2.65 bits per heavy atom. The van der Waals surface area contributed by atoms with Gasteiger partial charge in [0, 0.05) is 38.3 Å². The van der Waals surface area contributed by atoms with E-state index in [9.17, 15) is 9.59 Å². The zero-order valence-electron chi connectivity index (χ0n) is 14.6. The van der Waals surface area contributed by atoms with Crippen LogP contribution in [0.5, 0.6) is 0 Å². The highest BCUT2D eigenvalue weighted by molar-refractivity contribution is 6.02. The van der Waals surface area contributed by atoms with Crippen molar-refractivity contribution in [1.29, 1.82) is 0 Å². The molecule has 0 spiro atoms. The van der Waals surface area contributed by atoms with Crippen LogP contribution in [0.4, 0.5) is 16.4 Å². The van der Waals surface area contributed by atoms with Crippen molar-refractivity contribution in [2.75, 3.05) is 43.0 Å². The van der Waals surface area contributed by atoms with Crippen LogP contribution in [0.2, 0.25) is 0 Å². The number of hydrogen-bond acceptors (Lipinski definition) is 8. The number of hydrogen-bond donors (Lipinski definition) is 1. The third kappa shape index (κ3) is 4.08. The third-order valence-electron chi connectivity index (χ3n) is 3.88. The molecule has 1 saturated heterocycles. The van der Waals surface area contributed by atoms with Crippen LogP contribution in [0, 0.1) is 6.92 Å². The zero-order chi connectivity index (χ0) is 18.5. The standard InChI is InChI=1S/C16H20N6O4/c1-3-25-16(24)22-6-4-21(5-7-22)14-9-12(17-10-18-14)15(23)19-13-8-11(2)26-20-13/h8-10H,3-7H2,1-2H3,(H,19,20,23). The van der Waals surface area contributed by atoms with Gasteiger partial charge in [-0.05, 0) is 13.8 Å². The minimum Gasteiger partial charge on any atom is -0.450 e. The smallest absolute Gasteiger partial charge is 0.409 e. The van der Waals surface area contributed by atoms with E-state index in [-0.39, 0.29) is 11.8 Å². The van der Waals surface area contributed by atoms with Crippen LogP contribution < -0.4 is 10.2 Å². The van der Waals surface area contributed by atoms with Gasteiger partial charge in [-0.25, -0.2) is 14.8 Å². The molecular weight excluding hydrogens is 340 g/mol. The molecule has 1 N–H and O–H groups in total. The summed E-state index contributed by atoms with van der Waals surface area (Å²) in [7, 11) is 0. The van der Waals surface area contributed by atoms with Crippen LogP contribution in [0.25, 0.3) is 0 Å². The van der Waals surface area contributed by atoms with Gasteiger partial charge in [-0.3, -0.25) is 4.79 Å². The summed E-state index contributed by atoms with van der Waals surface area (Å²) < 4.78 is 9.93. The van der Waals surface area contributed by atoms with E-state index in [0.29, 0.717) is 50.2 Å². The van der Waals surface area contributed by atoms with Crippen LogP contribution in [0.3, 0.4) is 0 Å². The zero-order valence-corrected chi connectivity index (χ0v) is 14.6. The Labute approximate surface area is 150 Å². The molecule has 138 valence electrons. The van der Waals surface area contributed by atoms with Crippen molar-refractivity contribution in [1.82, 2.24) is 20.0 Å². The summed E-state index contributed by atoms with van der Waals surface area (Å²) in [5.74, 6) is 1.16. The van der Waals surface area contributed by atoms with Crippen molar-refractivity contribution >= 4 is 23.6 Å². The average molecular weight is 360 g/mol. The molecule has 1 aliphatic rings. The molecule has 10 nitrogen and oxygen atoms in total. The lowest BCUT2D eigenvalue weighted by Gasteiger charge is -2.34. The van der Waals surface area contributed by atoms with E-state index >= 15 is 0 Å². The Morgan fingerprint density at radius 2 is 2.00 bits per heavy atom. The maximum absolute atomic E-state index is 12.3. The van der Waals surface area contributed by atoms with Gasteiger partial charge in [-0.1, -0.05) is 5.16 Å². The lowest BCUT2D eigenvalue weighted by molar-refractivity contribution is 0.102. The molecule has 10 heteroatoms. The summed E-state index contributed by atoms with van der Waals surface area (Å²) in [4.78, 5) is 35.9. The summed E-state index contributed by atoms with van der Waals surface area (Å²) in [6.45, 7) is 6.13. The van der Waals surface area contributed by atoms with E-state index in [1.165, 1.54) is 6.33 Å². The van der Waals surface area contributed by atoms with E-state index in [1.54, 1.807) is 30.9 Å². The fraction of sp³-hybridized carbons (Fsp3) is 0.438. The molecule has 0 atom stereocenters. The second-order valence-electron chi connectivity index (χ2n) is 5.71. The summed E-state index contributed by atoms with van der Waals surface area (Å²) >= 11 is 0. The first-order valence-corrected chi connectivity index (χ1v) is 8.30. The van der Waals surface area contributed by atoms with E-state index in [4.69, 9.17) is 9.26 Å². The minimum absolute atomic E-state index is 0.225. The topological polar surface area (TPSA) is 114 Å². The van der Waals surface area contributed by atoms with Crippen LogP contribution >= 0.6 is 0 Å². The molecule has 0 saturated carbocycles. The fourth-order valence-corrected chi connectivity index (χ4v) is 2.58. The third-order valence-corrected chi connectivity index (χ3v) is 3.88. The Kier molecular flexibility index (Phi) is 5.30. The molecule has 3 heterocycles. The second kappa shape index (κ2) is 7.81. The maximum Gasteiger partial charge on any atom is 0.409 e. The van der Waals surface area contributed by atoms with Crippen molar-refractivity contribution in [2.45, 2.75) is 13.8 Å². The number of nitrogens with one attached hydrogen (secondary N) is 1. The Hall–Kier alpha value is -3.17. The van der Waals surface area contributed by atoms with E-state index < -0.39 is 5.91 Å². The van der Waals surface area contributed by atoms with Crippen molar-refractivity contribution < 1.29 is 18.8 Å². The number of carbonyl (C=O) groups excluding carboxylic acids is 2. The number of aromatic nitrogens is 3. The number of amides is 2. The Bertz CT molecular complexity index is 785. The summed E-state index contributed by atoms with van der Waals surface area (Å²) in [5, 5.41) is 6.35. The van der Waals surface area contributed by atoms with Crippen LogP contribution in [-0.4, -0.2) is 64.8 Å². The number of aryl methyl sites for hydroxylation is 1. The van der Waals surface area contributed by atoms with Crippen molar-refractivity contribution in [3.05, 3.63) is 29.9 Å². The largest absolute Gasteiger partial charge is 0.450 e. The van der Waals surface area contributed by atoms with E-state index in [2.05, 4.69) is 20.4 Å². The molecule has 0 aromatic carbocycles. The molecule has 1 aliphatic heterocycles. The molecule has 0 unspecified atom stereocenters. The van der Waals surface area contributed by atoms with Crippen molar-refractivity contribution in [3.63, 3.8) is 0 Å². The highest BCUT2D eigenvalue weighted by Crippen LogP contribution is 2.15. The molecule has 0 radical (unpaired) electrons. The molecule has 2 aromatic rings. The highest BCUT2D eigenvalue weighted by atomic mass is 16.6. The second-order valence-corrected chi connectivity index (χ2v) is 5.71. The Balaban J connectivity index is 1.62. The number of piperazine rings is 1. The number of carbonyl (C=O) groups is 2. The van der Waals surface area contributed by atoms with Crippen LogP contribution in [-0.2, 0) is 4.74 Å². The molecule has 0 bridgehead atoms. The molecule has 0 aliphatic carbocycles. The number of nitrogens with zero attached hydrogens (tertiary/aromatic N) is 5.